The zero-order valence-electron chi connectivity index (χ0n) is 13.1. The Morgan fingerprint density at radius 3 is 2.70 bits per heavy atom. The van der Waals surface area contributed by atoms with Crippen molar-refractivity contribution in [3.8, 4) is 11.5 Å². The van der Waals surface area contributed by atoms with Gasteiger partial charge in [-0.15, -0.1) is 0 Å². The maximum Gasteiger partial charge on any atom is 0.127 e. The second-order valence-electron chi connectivity index (χ2n) is 6.06. The summed E-state index contributed by atoms with van der Waals surface area (Å²) in [7, 11) is 0. The van der Waals surface area contributed by atoms with E-state index in [2.05, 4.69) is 26.0 Å². The van der Waals surface area contributed by atoms with E-state index in [-0.39, 0.29) is 12.0 Å². The van der Waals surface area contributed by atoms with E-state index in [0.717, 1.165) is 29.7 Å². The average molecular weight is 274 g/mol. The van der Waals surface area contributed by atoms with Gasteiger partial charge in [-0.3, -0.25) is 0 Å². The zero-order valence-corrected chi connectivity index (χ0v) is 13.1. The Morgan fingerprint density at radius 1 is 1.35 bits per heavy atom. The third-order valence-electron chi connectivity index (χ3n) is 3.89. The molecule has 0 heterocycles. The van der Waals surface area contributed by atoms with E-state index in [1.165, 1.54) is 18.4 Å². The summed E-state index contributed by atoms with van der Waals surface area (Å²) in [5.41, 5.74) is 3.50. The van der Waals surface area contributed by atoms with E-state index in [9.17, 15) is 5.11 Å². The minimum Gasteiger partial charge on any atom is -0.507 e. The van der Waals surface area contributed by atoms with Gasteiger partial charge in [-0.25, -0.2) is 0 Å². The van der Waals surface area contributed by atoms with Crippen molar-refractivity contribution in [2.24, 2.45) is 0 Å². The van der Waals surface area contributed by atoms with Crippen LogP contribution < -0.4 is 4.74 Å². The second kappa shape index (κ2) is 6.34. The molecule has 1 aromatic carbocycles. The van der Waals surface area contributed by atoms with Crippen LogP contribution in [0.2, 0.25) is 0 Å². The molecule has 20 heavy (non-hydrogen) atoms. The molecule has 0 aliphatic heterocycles. The van der Waals surface area contributed by atoms with E-state index in [1.807, 2.05) is 19.9 Å². The molecule has 1 atom stereocenters. The van der Waals surface area contributed by atoms with Crippen molar-refractivity contribution >= 4 is 0 Å². The smallest absolute Gasteiger partial charge is 0.127 e. The molecule has 2 heteroatoms. The molecule has 0 spiro atoms. The summed E-state index contributed by atoms with van der Waals surface area (Å²) in [5, 5.41) is 10.4. The van der Waals surface area contributed by atoms with E-state index < -0.39 is 0 Å². The number of phenols is 1. The first-order chi connectivity index (χ1) is 9.51. The van der Waals surface area contributed by atoms with E-state index in [4.69, 9.17) is 4.74 Å². The molecule has 2 nitrogen and oxygen atoms in total. The Hall–Kier alpha value is -1.44. The van der Waals surface area contributed by atoms with Crippen LogP contribution in [0.4, 0.5) is 0 Å². The summed E-state index contributed by atoms with van der Waals surface area (Å²) in [6.07, 6.45) is 6.76. The highest BCUT2D eigenvalue weighted by Crippen LogP contribution is 2.42. The van der Waals surface area contributed by atoms with Gasteiger partial charge in [-0.05, 0) is 64.2 Å². The van der Waals surface area contributed by atoms with Crippen molar-refractivity contribution in [1.82, 2.24) is 0 Å². The highest BCUT2D eigenvalue weighted by atomic mass is 16.5. The summed E-state index contributed by atoms with van der Waals surface area (Å²) >= 11 is 0. The molecule has 1 aliphatic carbocycles. The number of hydrogen-bond donors (Lipinski definition) is 1. The maximum atomic E-state index is 10.4. The highest BCUT2D eigenvalue weighted by Gasteiger charge is 2.22. The van der Waals surface area contributed by atoms with Crippen LogP contribution in [0.15, 0.2) is 23.8 Å². The van der Waals surface area contributed by atoms with Crippen LogP contribution in [0.3, 0.4) is 0 Å². The molecule has 1 aliphatic rings. The van der Waals surface area contributed by atoms with Gasteiger partial charge in [0, 0.05) is 11.5 Å². The van der Waals surface area contributed by atoms with Crippen LogP contribution in [-0.2, 0) is 6.42 Å². The normalized spacial score (nSPS) is 19.1. The van der Waals surface area contributed by atoms with Gasteiger partial charge in [0.25, 0.3) is 0 Å². The lowest BCUT2D eigenvalue weighted by molar-refractivity contribution is 0.237. The largest absolute Gasteiger partial charge is 0.507 e. The van der Waals surface area contributed by atoms with E-state index >= 15 is 0 Å². The van der Waals surface area contributed by atoms with E-state index in [0.29, 0.717) is 5.75 Å². The molecular weight excluding hydrogens is 248 g/mol. The minimum absolute atomic E-state index is 0.119. The molecule has 1 N–H and O–H groups in total. The van der Waals surface area contributed by atoms with Crippen molar-refractivity contribution in [3.63, 3.8) is 0 Å². The Balaban J connectivity index is 2.46. The second-order valence-corrected chi connectivity index (χ2v) is 6.06. The number of ether oxygens (including phenoxy) is 1. The molecule has 0 saturated heterocycles. The van der Waals surface area contributed by atoms with Crippen LogP contribution >= 0.6 is 0 Å². The van der Waals surface area contributed by atoms with Crippen LogP contribution in [0, 0.1) is 0 Å². The van der Waals surface area contributed by atoms with Crippen LogP contribution in [0.5, 0.6) is 11.5 Å². The molecule has 0 aromatic heterocycles. The quantitative estimate of drug-likeness (QED) is 0.787. The van der Waals surface area contributed by atoms with Gasteiger partial charge in [0.15, 0.2) is 0 Å². The predicted octanol–water partition coefficient (Wildman–Crippen LogP) is 4.96. The molecule has 0 bridgehead atoms. The van der Waals surface area contributed by atoms with Gasteiger partial charge in [0.1, 0.15) is 11.5 Å². The number of benzene rings is 1. The number of phenolic OH excluding ortho intramolecular Hbond substituents is 1. The number of allylic oxidation sites excluding steroid dienone is 2. The minimum atomic E-state index is 0.119. The molecular formula is C18H26O2. The number of rotatable bonds is 4. The zero-order chi connectivity index (χ0) is 14.7. The Kier molecular flexibility index (Phi) is 4.74. The third-order valence-corrected chi connectivity index (χ3v) is 3.89. The fraction of sp³-hybridized carbons (Fsp3) is 0.556. The van der Waals surface area contributed by atoms with Gasteiger partial charge in [-0.1, -0.05) is 18.6 Å². The van der Waals surface area contributed by atoms with Crippen molar-refractivity contribution in [3.05, 3.63) is 34.9 Å². The van der Waals surface area contributed by atoms with Crippen LogP contribution in [0.1, 0.15) is 64.0 Å². The monoisotopic (exact) mass is 274 g/mol. The fourth-order valence-electron chi connectivity index (χ4n) is 2.93. The summed E-state index contributed by atoms with van der Waals surface area (Å²) < 4.78 is 5.97. The highest BCUT2D eigenvalue weighted by molar-refractivity contribution is 5.51. The molecule has 110 valence electrons. The first-order valence-corrected chi connectivity index (χ1v) is 7.71. The van der Waals surface area contributed by atoms with Crippen molar-refractivity contribution in [2.75, 3.05) is 0 Å². The topological polar surface area (TPSA) is 29.5 Å². The lowest BCUT2D eigenvalue weighted by Gasteiger charge is -2.24. The first-order valence-electron chi connectivity index (χ1n) is 7.71. The molecule has 1 unspecified atom stereocenters. The first kappa shape index (κ1) is 15.0. The average Bonchev–Trinajstić information content (AvgIpc) is 2.37. The van der Waals surface area contributed by atoms with E-state index in [1.54, 1.807) is 0 Å². The van der Waals surface area contributed by atoms with Crippen LogP contribution in [0.25, 0.3) is 0 Å². The van der Waals surface area contributed by atoms with Gasteiger partial charge in [-0.2, -0.15) is 0 Å². The van der Waals surface area contributed by atoms with Gasteiger partial charge >= 0.3 is 0 Å². The van der Waals surface area contributed by atoms with Crippen LogP contribution in [-0.4, -0.2) is 11.2 Å². The summed E-state index contributed by atoms with van der Waals surface area (Å²) in [6.45, 7) is 8.33. The Morgan fingerprint density at radius 2 is 2.10 bits per heavy atom. The van der Waals surface area contributed by atoms with Gasteiger partial charge in [0.05, 0.1) is 6.10 Å². The molecule has 0 radical (unpaired) electrons. The number of hydrogen-bond acceptors (Lipinski definition) is 2. The molecule has 1 aromatic rings. The third kappa shape index (κ3) is 3.36. The van der Waals surface area contributed by atoms with Crippen molar-refractivity contribution in [1.29, 1.82) is 0 Å². The van der Waals surface area contributed by atoms with Gasteiger partial charge < -0.3 is 9.84 Å². The summed E-state index contributed by atoms with van der Waals surface area (Å²) in [5.74, 6) is 1.52. The van der Waals surface area contributed by atoms with Crippen molar-refractivity contribution in [2.45, 2.75) is 65.4 Å². The predicted molar refractivity (Wildman–Crippen MR) is 83.6 cm³/mol. The SMILES string of the molecule is CCc1cc(O)c(C2C=C(C)CCC2)c(OC(C)C)c1. The lowest BCUT2D eigenvalue weighted by atomic mass is 9.84. The maximum absolute atomic E-state index is 10.4. The molecule has 0 saturated carbocycles. The number of aryl methyl sites for hydroxylation is 1. The standard InChI is InChI=1S/C18H26O2/c1-5-14-10-16(19)18(17(11-14)20-12(2)3)15-8-6-7-13(4)9-15/h9-12,15,19H,5-8H2,1-4H3. The van der Waals surface area contributed by atoms with Gasteiger partial charge in [0.2, 0.25) is 0 Å². The molecule has 0 fully saturated rings. The molecule has 2 rings (SSSR count). The van der Waals surface area contributed by atoms with Crippen molar-refractivity contribution < 1.29 is 9.84 Å². The summed E-state index contributed by atoms with van der Waals surface area (Å²) in [6, 6.07) is 3.98. The Bertz CT molecular complexity index is 500. The lowest BCUT2D eigenvalue weighted by Crippen LogP contribution is -2.11. The molecule has 0 amide bonds. The summed E-state index contributed by atoms with van der Waals surface area (Å²) in [4.78, 5) is 0. The number of aromatic hydroxyl groups is 1. The fourth-order valence-corrected chi connectivity index (χ4v) is 2.93. The Labute approximate surface area is 122 Å².